The van der Waals surface area contributed by atoms with Crippen molar-refractivity contribution in [1.82, 2.24) is 10.6 Å². The summed E-state index contributed by atoms with van der Waals surface area (Å²) in [4.78, 5) is 26.5. The summed E-state index contributed by atoms with van der Waals surface area (Å²) in [5.74, 6) is -1.64. The minimum Gasteiger partial charge on any atom is -0.387 e. The zero-order valence-corrected chi connectivity index (χ0v) is 21.2. The van der Waals surface area contributed by atoms with Crippen LogP contribution in [0.5, 0.6) is 0 Å². The summed E-state index contributed by atoms with van der Waals surface area (Å²) in [6.45, 7) is 0. The van der Waals surface area contributed by atoms with Crippen LogP contribution in [0.4, 0.5) is 0 Å². The van der Waals surface area contributed by atoms with E-state index in [4.69, 9.17) is 0 Å². The number of nitrogens with one attached hydrogen (secondary N) is 2. The van der Waals surface area contributed by atoms with Gasteiger partial charge in [-0.05, 0) is 83.3 Å². The first-order valence-corrected chi connectivity index (χ1v) is 13.4. The molecule has 6 rings (SSSR count). The van der Waals surface area contributed by atoms with E-state index in [1.54, 1.807) is 0 Å². The lowest BCUT2D eigenvalue weighted by atomic mass is 9.72. The minimum absolute atomic E-state index is 0.547. The van der Waals surface area contributed by atoms with E-state index in [0.29, 0.717) is 25.7 Å². The maximum absolute atomic E-state index is 13.3. The second-order valence-electron chi connectivity index (χ2n) is 10.9. The van der Waals surface area contributed by atoms with Crippen molar-refractivity contribution in [3.05, 3.63) is 96.1 Å². The molecule has 4 aromatic carbocycles. The highest BCUT2D eigenvalue weighted by atomic mass is 16.3. The minimum atomic E-state index is -1.11. The van der Waals surface area contributed by atoms with Crippen LogP contribution in [0.2, 0.25) is 0 Å². The Bertz CT molecular complexity index is 1410. The average molecular weight is 509 g/mol. The van der Waals surface area contributed by atoms with Gasteiger partial charge in [-0.2, -0.15) is 0 Å². The van der Waals surface area contributed by atoms with Gasteiger partial charge >= 0.3 is 11.8 Å². The van der Waals surface area contributed by atoms with E-state index < -0.39 is 35.1 Å². The van der Waals surface area contributed by atoms with E-state index in [1.165, 1.54) is 0 Å². The second kappa shape index (κ2) is 9.53. The van der Waals surface area contributed by atoms with E-state index in [1.807, 2.05) is 84.9 Å². The number of amides is 2. The smallest absolute Gasteiger partial charge is 0.309 e. The molecule has 4 N–H and O–H groups in total. The largest absolute Gasteiger partial charge is 0.387 e. The summed E-state index contributed by atoms with van der Waals surface area (Å²) in [5.41, 5.74) is -0.698. The van der Waals surface area contributed by atoms with Crippen molar-refractivity contribution >= 4 is 33.4 Å². The number of carbonyl (C=O) groups is 2. The van der Waals surface area contributed by atoms with Crippen molar-refractivity contribution in [2.75, 3.05) is 0 Å². The van der Waals surface area contributed by atoms with Crippen molar-refractivity contribution < 1.29 is 19.8 Å². The van der Waals surface area contributed by atoms with Crippen LogP contribution >= 0.6 is 0 Å². The third-order valence-corrected chi connectivity index (χ3v) is 8.48. The molecule has 0 heterocycles. The summed E-state index contributed by atoms with van der Waals surface area (Å²) in [7, 11) is 0. The SMILES string of the molecule is O=C(N[C@H](c1ccc2ccccc2c1)C1(O)CCC1)C(=O)N[C@H](c1ccc2ccccc2c1)C1(O)CCC1. The van der Waals surface area contributed by atoms with Crippen LogP contribution < -0.4 is 10.6 Å². The molecular formula is C32H32N2O4. The van der Waals surface area contributed by atoms with Crippen molar-refractivity contribution in [1.29, 1.82) is 0 Å². The highest BCUT2D eigenvalue weighted by Crippen LogP contribution is 2.44. The molecule has 2 amide bonds. The Morgan fingerprint density at radius 2 is 0.947 bits per heavy atom. The van der Waals surface area contributed by atoms with Gasteiger partial charge in [0.15, 0.2) is 0 Å². The number of rotatable bonds is 6. The topological polar surface area (TPSA) is 98.7 Å². The summed E-state index contributed by atoms with van der Waals surface area (Å²) in [6.07, 6.45) is 3.91. The Labute approximate surface area is 221 Å². The maximum atomic E-state index is 13.3. The van der Waals surface area contributed by atoms with Gasteiger partial charge in [-0.1, -0.05) is 72.8 Å². The van der Waals surface area contributed by atoms with E-state index >= 15 is 0 Å². The van der Waals surface area contributed by atoms with Gasteiger partial charge in [0.25, 0.3) is 0 Å². The number of hydrogen-bond acceptors (Lipinski definition) is 4. The van der Waals surface area contributed by atoms with E-state index in [9.17, 15) is 19.8 Å². The lowest BCUT2D eigenvalue weighted by molar-refractivity contribution is -0.145. The van der Waals surface area contributed by atoms with Gasteiger partial charge in [0.2, 0.25) is 0 Å². The normalized spacial score (nSPS) is 19.1. The third-order valence-electron chi connectivity index (χ3n) is 8.48. The highest BCUT2D eigenvalue weighted by Gasteiger charge is 2.46. The number of benzene rings is 4. The Kier molecular flexibility index (Phi) is 6.17. The Morgan fingerprint density at radius 3 is 1.29 bits per heavy atom. The standard InChI is InChI=1S/C32H32N2O4/c35-29(33-27(31(37)15-5-16-31)25-13-11-21-7-1-3-9-23(21)19-25)30(36)34-28(32(38)17-6-18-32)26-14-12-22-8-2-4-10-24(22)20-26/h1-4,7-14,19-20,27-28,37-38H,5-6,15-18H2,(H,33,35)(H,34,36)/t27-,28-/m1/s1. The monoisotopic (exact) mass is 508 g/mol. The van der Waals surface area contributed by atoms with Crippen molar-refractivity contribution in [2.45, 2.75) is 61.8 Å². The third kappa shape index (κ3) is 4.44. The molecule has 2 atom stereocenters. The Hall–Kier alpha value is -3.74. The van der Waals surface area contributed by atoms with Crippen molar-refractivity contribution in [3.8, 4) is 0 Å². The summed E-state index contributed by atoms with van der Waals surface area (Å²) in [6, 6.07) is 26.0. The first-order valence-electron chi connectivity index (χ1n) is 13.4. The van der Waals surface area contributed by atoms with Crippen LogP contribution in [0.15, 0.2) is 84.9 Å². The van der Waals surface area contributed by atoms with Crippen LogP contribution in [-0.2, 0) is 9.59 Å². The van der Waals surface area contributed by atoms with Crippen LogP contribution in [0.1, 0.15) is 61.7 Å². The maximum Gasteiger partial charge on any atom is 0.309 e. The van der Waals surface area contributed by atoms with E-state index in [2.05, 4.69) is 10.6 Å². The van der Waals surface area contributed by atoms with E-state index in [-0.39, 0.29) is 0 Å². The molecule has 2 fully saturated rings. The molecule has 0 aromatic heterocycles. The molecule has 2 saturated carbocycles. The fourth-order valence-corrected chi connectivity index (χ4v) is 5.88. The van der Waals surface area contributed by atoms with Gasteiger partial charge in [-0.25, -0.2) is 0 Å². The van der Waals surface area contributed by atoms with Gasteiger partial charge in [0, 0.05) is 0 Å². The molecule has 6 heteroatoms. The second-order valence-corrected chi connectivity index (χ2v) is 10.9. The van der Waals surface area contributed by atoms with Crippen molar-refractivity contribution in [3.63, 3.8) is 0 Å². The zero-order valence-electron chi connectivity index (χ0n) is 21.2. The zero-order chi connectivity index (χ0) is 26.3. The number of hydrogen-bond donors (Lipinski definition) is 4. The molecule has 38 heavy (non-hydrogen) atoms. The van der Waals surface area contributed by atoms with Gasteiger partial charge < -0.3 is 20.8 Å². The van der Waals surface area contributed by atoms with Crippen LogP contribution in [-0.4, -0.2) is 33.2 Å². The fourth-order valence-electron chi connectivity index (χ4n) is 5.88. The predicted molar refractivity (Wildman–Crippen MR) is 147 cm³/mol. The average Bonchev–Trinajstić information content (AvgIpc) is 2.91. The molecule has 6 nitrogen and oxygen atoms in total. The number of fused-ring (bicyclic) bond motifs is 2. The fraction of sp³-hybridized carbons (Fsp3) is 0.312. The van der Waals surface area contributed by atoms with Crippen LogP contribution in [0.3, 0.4) is 0 Å². The molecule has 0 saturated heterocycles. The van der Waals surface area contributed by atoms with Gasteiger partial charge in [0.1, 0.15) is 0 Å². The van der Waals surface area contributed by atoms with Gasteiger partial charge in [0.05, 0.1) is 23.3 Å². The van der Waals surface area contributed by atoms with Crippen molar-refractivity contribution in [2.24, 2.45) is 0 Å². The quantitative estimate of drug-likeness (QED) is 0.280. The Morgan fingerprint density at radius 1 is 0.579 bits per heavy atom. The molecule has 194 valence electrons. The first kappa shape index (κ1) is 24.6. The Balaban J connectivity index is 1.26. The molecule has 2 aliphatic rings. The molecule has 4 aromatic rings. The van der Waals surface area contributed by atoms with E-state index in [0.717, 1.165) is 45.5 Å². The van der Waals surface area contributed by atoms with Gasteiger partial charge in [-0.15, -0.1) is 0 Å². The lowest BCUT2D eigenvalue weighted by Gasteiger charge is -2.44. The molecule has 0 unspecified atom stereocenters. The van der Waals surface area contributed by atoms with Crippen LogP contribution in [0.25, 0.3) is 21.5 Å². The predicted octanol–water partition coefficient (Wildman–Crippen LogP) is 4.84. The molecule has 0 aliphatic heterocycles. The molecule has 0 radical (unpaired) electrons. The molecule has 2 aliphatic carbocycles. The molecule has 0 bridgehead atoms. The van der Waals surface area contributed by atoms with Crippen LogP contribution in [0, 0.1) is 0 Å². The lowest BCUT2D eigenvalue weighted by Crippen LogP contribution is -2.56. The molecular weight excluding hydrogens is 476 g/mol. The summed E-state index contributed by atoms with van der Waals surface area (Å²) in [5, 5.41) is 32.3. The highest BCUT2D eigenvalue weighted by molar-refractivity contribution is 6.35. The van der Waals surface area contributed by atoms with Gasteiger partial charge in [-0.3, -0.25) is 9.59 Å². The number of aliphatic hydroxyl groups is 2. The first-order chi connectivity index (χ1) is 18.3. The molecule has 0 spiro atoms. The summed E-state index contributed by atoms with van der Waals surface area (Å²) >= 11 is 0. The summed E-state index contributed by atoms with van der Waals surface area (Å²) < 4.78 is 0. The number of carbonyl (C=O) groups excluding carboxylic acids is 2.